The first-order valence-corrected chi connectivity index (χ1v) is 9.40. The summed E-state index contributed by atoms with van der Waals surface area (Å²) >= 11 is 0. The third-order valence-electron chi connectivity index (χ3n) is 5.46. The van der Waals surface area contributed by atoms with Crippen molar-refractivity contribution in [3.05, 3.63) is 54.7 Å². The Labute approximate surface area is 153 Å². The lowest BCUT2D eigenvalue weighted by Crippen LogP contribution is -2.36. The predicted molar refractivity (Wildman–Crippen MR) is 99.4 cm³/mol. The molecule has 4 rings (SSSR count). The molecule has 0 aliphatic heterocycles. The van der Waals surface area contributed by atoms with Crippen molar-refractivity contribution in [2.24, 2.45) is 5.41 Å². The number of hydrogen-bond acceptors (Lipinski definition) is 3. The van der Waals surface area contributed by atoms with Crippen LogP contribution in [0.1, 0.15) is 44.3 Å². The standard InChI is InChI=1S/C20H25N5O/c26-19(21-15-18-23-22-17-8-2-5-13-25(17)18)14-20(9-3-1-4-10-20)16-24-11-6-7-12-24/h2,5-8,11-13H,1,3-4,9-10,14-16H2,(H,21,26). The molecular formula is C20H25N5O. The van der Waals surface area contributed by atoms with Gasteiger partial charge in [0.2, 0.25) is 5.91 Å². The minimum atomic E-state index is 0.0638. The number of nitrogens with zero attached hydrogens (tertiary/aromatic N) is 4. The maximum atomic E-state index is 12.7. The highest BCUT2D eigenvalue weighted by Gasteiger charge is 2.34. The molecule has 26 heavy (non-hydrogen) atoms. The molecule has 1 saturated carbocycles. The number of aromatic nitrogens is 4. The van der Waals surface area contributed by atoms with E-state index in [1.54, 1.807) is 0 Å². The van der Waals surface area contributed by atoms with Crippen LogP contribution in [0.3, 0.4) is 0 Å². The molecular weight excluding hydrogens is 326 g/mol. The van der Waals surface area contributed by atoms with Crippen LogP contribution in [0.5, 0.6) is 0 Å². The fourth-order valence-corrected chi connectivity index (χ4v) is 4.15. The fourth-order valence-electron chi connectivity index (χ4n) is 4.15. The van der Waals surface area contributed by atoms with Crippen LogP contribution in [-0.2, 0) is 17.9 Å². The highest BCUT2D eigenvalue weighted by Crippen LogP contribution is 2.40. The lowest BCUT2D eigenvalue weighted by Gasteiger charge is -2.37. The summed E-state index contributed by atoms with van der Waals surface area (Å²) < 4.78 is 4.13. The molecule has 1 aliphatic carbocycles. The van der Waals surface area contributed by atoms with Gasteiger partial charge in [0.15, 0.2) is 11.5 Å². The van der Waals surface area contributed by atoms with Crippen LogP contribution in [0, 0.1) is 5.41 Å². The van der Waals surface area contributed by atoms with E-state index in [-0.39, 0.29) is 11.3 Å². The van der Waals surface area contributed by atoms with E-state index < -0.39 is 0 Å². The molecule has 0 saturated heterocycles. The van der Waals surface area contributed by atoms with E-state index in [0.717, 1.165) is 30.9 Å². The molecule has 0 aromatic carbocycles. The molecule has 1 N–H and O–H groups in total. The second-order valence-electron chi connectivity index (χ2n) is 7.41. The molecule has 6 heteroatoms. The molecule has 1 amide bonds. The van der Waals surface area contributed by atoms with Crippen LogP contribution < -0.4 is 5.32 Å². The Morgan fingerprint density at radius 1 is 1.04 bits per heavy atom. The van der Waals surface area contributed by atoms with Crippen LogP contribution in [0.25, 0.3) is 5.65 Å². The summed E-state index contributed by atoms with van der Waals surface area (Å²) in [4.78, 5) is 12.7. The second-order valence-corrected chi connectivity index (χ2v) is 7.41. The molecule has 136 valence electrons. The Morgan fingerprint density at radius 3 is 2.62 bits per heavy atom. The normalized spacial score (nSPS) is 16.6. The maximum absolute atomic E-state index is 12.7. The van der Waals surface area contributed by atoms with Gasteiger partial charge in [0, 0.05) is 31.6 Å². The number of fused-ring (bicyclic) bond motifs is 1. The Balaban J connectivity index is 1.41. The largest absolute Gasteiger partial charge is 0.354 e. The van der Waals surface area contributed by atoms with E-state index in [0.29, 0.717) is 13.0 Å². The van der Waals surface area contributed by atoms with E-state index in [1.807, 2.05) is 40.9 Å². The van der Waals surface area contributed by atoms with Crippen molar-refractivity contribution in [1.29, 1.82) is 0 Å². The van der Waals surface area contributed by atoms with Crippen molar-refractivity contribution < 1.29 is 4.79 Å². The fraction of sp³-hybridized carbons (Fsp3) is 0.450. The van der Waals surface area contributed by atoms with Crippen LogP contribution in [0.2, 0.25) is 0 Å². The summed E-state index contributed by atoms with van der Waals surface area (Å²) in [5.74, 6) is 0.865. The smallest absolute Gasteiger partial charge is 0.220 e. The predicted octanol–water partition coefficient (Wildman–Crippen LogP) is 3.19. The molecule has 0 unspecified atom stereocenters. The zero-order valence-electron chi connectivity index (χ0n) is 15.0. The minimum Gasteiger partial charge on any atom is -0.354 e. The maximum Gasteiger partial charge on any atom is 0.220 e. The van der Waals surface area contributed by atoms with Crippen molar-refractivity contribution in [3.8, 4) is 0 Å². The van der Waals surface area contributed by atoms with Gasteiger partial charge in [-0.3, -0.25) is 9.20 Å². The molecule has 1 aliphatic rings. The van der Waals surface area contributed by atoms with Crippen molar-refractivity contribution in [3.63, 3.8) is 0 Å². The lowest BCUT2D eigenvalue weighted by atomic mass is 9.71. The number of carbonyl (C=O) groups excluding carboxylic acids is 1. The van der Waals surface area contributed by atoms with Crippen molar-refractivity contribution in [2.45, 2.75) is 51.6 Å². The molecule has 3 heterocycles. The van der Waals surface area contributed by atoms with Crippen molar-refractivity contribution >= 4 is 11.6 Å². The Kier molecular flexibility index (Phi) is 4.73. The summed E-state index contributed by atoms with van der Waals surface area (Å²) in [6, 6.07) is 9.88. The van der Waals surface area contributed by atoms with Gasteiger partial charge in [0.1, 0.15) is 0 Å². The highest BCUT2D eigenvalue weighted by atomic mass is 16.1. The molecule has 6 nitrogen and oxygen atoms in total. The molecule has 1 fully saturated rings. The third kappa shape index (κ3) is 3.64. The number of nitrogens with one attached hydrogen (secondary N) is 1. The average molecular weight is 351 g/mol. The lowest BCUT2D eigenvalue weighted by molar-refractivity contribution is -0.124. The number of carbonyl (C=O) groups is 1. The third-order valence-corrected chi connectivity index (χ3v) is 5.46. The van der Waals surface area contributed by atoms with Crippen LogP contribution in [0.4, 0.5) is 0 Å². The summed E-state index contributed by atoms with van der Waals surface area (Å²) in [6.45, 7) is 1.32. The first kappa shape index (κ1) is 16.8. The SMILES string of the molecule is O=C(CC1(Cn2cccc2)CCCCC1)NCc1nnc2ccccn12. The molecule has 0 spiro atoms. The monoisotopic (exact) mass is 351 g/mol. The minimum absolute atomic E-state index is 0.0638. The van der Waals surface area contributed by atoms with E-state index in [4.69, 9.17) is 0 Å². The summed E-state index contributed by atoms with van der Waals surface area (Å²) in [7, 11) is 0. The molecule has 0 bridgehead atoms. The zero-order chi connectivity index (χ0) is 17.8. The second kappa shape index (κ2) is 7.32. The van der Waals surface area contributed by atoms with Crippen LogP contribution in [0.15, 0.2) is 48.9 Å². The van der Waals surface area contributed by atoms with Gasteiger partial charge in [-0.1, -0.05) is 25.3 Å². The number of rotatable bonds is 6. The molecule has 3 aromatic heterocycles. The van der Waals surface area contributed by atoms with Crippen molar-refractivity contribution in [1.82, 2.24) is 24.5 Å². The van der Waals surface area contributed by atoms with Gasteiger partial charge in [0.25, 0.3) is 0 Å². The van der Waals surface area contributed by atoms with Gasteiger partial charge in [-0.05, 0) is 42.5 Å². The van der Waals surface area contributed by atoms with Gasteiger partial charge < -0.3 is 9.88 Å². The van der Waals surface area contributed by atoms with E-state index >= 15 is 0 Å². The van der Waals surface area contributed by atoms with Gasteiger partial charge in [-0.15, -0.1) is 10.2 Å². The van der Waals surface area contributed by atoms with E-state index in [1.165, 1.54) is 19.3 Å². The topological polar surface area (TPSA) is 64.2 Å². The van der Waals surface area contributed by atoms with Crippen LogP contribution >= 0.6 is 0 Å². The van der Waals surface area contributed by atoms with E-state index in [2.05, 4.69) is 32.5 Å². The number of amides is 1. The van der Waals surface area contributed by atoms with Gasteiger partial charge in [0.05, 0.1) is 6.54 Å². The first-order valence-electron chi connectivity index (χ1n) is 9.40. The van der Waals surface area contributed by atoms with Crippen molar-refractivity contribution in [2.75, 3.05) is 0 Å². The Morgan fingerprint density at radius 2 is 1.81 bits per heavy atom. The summed E-state index contributed by atoms with van der Waals surface area (Å²) in [6.07, 6.45) is 12.6. The van der Waals surface area contributed by atoms with E-state index in [9.17, 15) is 4.79 Å². The molecule has 0 atom stereocenters. The summed E-state index contributed by atoms with van der Waals surface area (Å²) in [5, 5.41) is 11.4. The van der Waals surface area contributed by atoms with Gasteiger partial charge >= 0.3 is 0 Å². The Bertz CT molecular complexity index is 861. The number of pyridine rings is 1. The van der Waals surface area contributed by atoms with Gasteiger partial charge in [-0.25, -0.2) is 0 Å². The van der Waals surface area contributed by atoms with Crippen LogP contribution in [-0.4, -0.2) is 25.1 Å². The zero-order valence-corrected chi connectivity index (χ0v) is 15.0. The first-order chi connectivity index (χ1) is 12.7. The van der Waals surface area contributed by atoms with Gasteiger partial charge in [-0.2, -0.15) is 0 Å². The molecule has 3 aromatic rings. The quantitative estimate of drug-likeness (QED) is 0.742. The highest BCUT2D eigenvalue weighted by molar-refractivity contribution is 5.76. The Hall–Kier alpha value is -2.63. The average Bonchev–Trinajstić information content (AvgIpc) is 3.30. The molecule has 0 radical (unpaired) electrons. The summed E-state index contributed by atoms with van der Waals surface area (Å²) in [5.41, 5.74) is 0.863. The number of hydrogen-bond donors (Lipinski definition) is 1.